The van der Waals surface area contributed by atoms with Gasteiger partial charge in [0.05, 0.1) is 5.56 Å². The van der Waals surface area contributed by atoms with E-state index < -0.39 is 5.97 Å². The molecule has 0 amide bonds. The molecule has 0 saturated carbocycles. The minimum Gasteiger partial charge on any atom is -0.478 e. The molecule has 0 aliphatic carbocycles. The number of rotatable bonds is 6. The van der Waals surface area contributed by atoms with Gasteiger partial charge in [-0.1, -0.05) is 23.7 Å². The molecule has 0 fully saturated rings. The lowest BCUT2D eigenvalue weighted by Crippen LogP contribution is -2.30. The number of hydrogen-bond donors (Lipinski definition) is 1. The van der Waals surface area contributed by atoms with E-state index in [2.05, 4.69) is 36.4 Å². The Balaban J connectivity index is 2.01. The smallest absolute Gasteiger partial charge is 0.335 e. The maximum atomic E-state index is 10.9. The Hall–Kier alpha value is -1.36. The summed E-state index contributed by atoms with van der Waals surface area (Å²) in [7, 11) is 2.06. The van der Waals surface area contributed by atoms with E-state index in [0.29, 0.717) is 17.6 Å². The van der Waals surface area contributed by atoms with E-state index in [1.807, 2.05) is 0 Å². The molecule has 112 valence electrons. The summed E-state index contributed by atoms with van der Waals surface area (Å²) in [5, 5.41) is 11.5. The van der Waals surface area contributed by atoms with Crippen molar-refractivity contribution in [1.82, 2.24) is 4.90 Å². The highest BCUT2D eigenvalue weighted by Crippen LogP contribution is 2.21. The van der Waals surface area contributed by atoms with Crippen LogP contribution in [0, 0.1) is 0 Å². The van der Waals surface area contributed by atoms with E-state index >= 15 is 0 Å². The van der Waals surface area contributed by atoms with Crippen LogP contribution >= 0.6 is 22.9 Å². The van der Waals surface area contributed by atoms with E-state index in [-0.39, 0.29) is 5.56 Å². The van der Waals surface area contributed by atoms with Crippen LogP contribution in [0.4, 0.5) is 0 Å². The fraction of sp³-hybridized carbons (Fsp3) is 0.312. The summed E-state index contributed by atoms with van der Waals surface area (Å²) in [5.74, 6) is -0.956. The quantitative estimate of drug-likeness (QED) is 0.867. The topological polar surface area (TPSA) is 40.5 Å². The van der Waals surface area contributed by atoms with Gasteiger partial charge in [-0.3, -0.25) is 4.90 Å². The number of thiophene rings is 1. The van der Waals surface area contributed by atoms with Crippen molar-refractivity contribution in [3.05, 3.63) is 56.7 Å². The molecule has 1 aromatic heterocycles. The Morgan fingerprint density at radius 3 is 2.76 bits per heavy atom. The van der Waals surface area contributed by atoms with Gasteiger partial charge in [-0.05, 0) is 49.5 Å². The van der Waals surface area contributed by atoms with Crippen LogP contribution < -0.4 is 0 Å². The van der Waals surface area contributed by atoms with Crippen molar-refractivity contribution in [2.45, 2.75) is 25.9 Å². The average Bonchev–Trinajstić information content (AvgIpc) is 2.93. The van der Waals surface area contributed by atoms with Crippen molar-refractivity contribution in [3.63, 3.8) is 0 Å². The number of hydrogen-bond acceptors (Lipinski definition) is 3. The van der Waals surface area contributed by atoms with Gasteiger partial charge in [-0.25, -0.2) is 4.79 Å². The number of benzene rings is 1. The molecule has 5 heteroatoms. The molecule has 2 aromatic rings. The largest absolute Gasteiger partial charge is 0.478 e. The van der Waals surface area contributed by atoms with Gasteiger partial charge < -0.3 is 5.11 Å². The van der Waals surface area contributed by atoms with Gasteiger partial charge in [0.15, 0.2) is 0 Å². The average molecular weight is 324 g/mol. The van der Waals surface area contributed by atoms with Gasteiger partial charge in [0.1, 0.15) is 0 Å². The second-order valence-corrected chi connectivity index (χ2v) is 6.60. The number of carboxylic acid groups (broad SMARTS) is 1. The van der Waals surface area contributed by atoms with Gasteiger partial charge in [0, 0.05) is 22.5 Å². The molecule has 0 spiro atoms. The third-order valence-electron chi connectivity index (χ3n) is 3.55. The highest BCUT2D eigenvalue weighted by molar-refractivity contribution is 7.09. The highest BCUT2D eigenvalue weighted by Gasteiger charge is 2.14. The Bertz CT molecular complexity index is 613. The summed E-state index contributed by atoms with van der Waals surface area (Å²) >= 11 is 7.94. The third-order valence-corrected chi connectivity index (χ3v) is 4.80. The van der Waals surface area contributed by atoms with E-state index in [9.17, 15) is 4.79 Å². The number of nitrogens with zero attached hydrogens (tertiary/aromatic N) is 1. The summed E-state index contributed by atoms with van der Waals surface area (Å²) in [6.45, 7) is 2.88. The summed E-state index contributed by atoms with van der Waals surface area (Å²) < 4.78 is 0. The van der Waals surface area contributed by atoms with E-state index in [1.165, 1.54) is 10.9 Å². The molecule has 0 aliphatic heterocycles. The second kappa shape index (κ2) is 7.07. The van der Waals surface area contributed by atoms with Crippen molar-refractivity contribution in [2.24, 2.45) is 0 Å². The maximum Gasteiger partial charge on any atom is 0.335 e. The lowest BCUT2D eigenvalue weighted by Gasteiger charge is -2.25. The summed E-state index contributed by atoms with van der Waals surface area (Å²) in [5.41, 5.74) is 1.17. The normalized spacial score (nSPS) is 12.6. The molecule has 1 aromatic carbocycles. The molecule has 3 nitrogen and oxygen atoms in total. The van der Waals surface area contributed by atoms with E-state index in [0.717, 1.165) is 12.0 Å². The van der Waals surface area contributed by atoms with Crippen molar-refractivity contribution < 1.29 is 9.90 Å². The molecular weight excluding hydrogens is 306 g/mol. The van der Waals surface area contributed by atoms with Crippen LogP contribution in [0.2, 0.25) is 5.02 Å². The molecule has 1 heterocycles. The zero-order valence-electron chi connectivity index (χ0n) is 12.0. The van der Waals surface area contributed by atoms with Crippen LogP contribution in [-0.4, -0.2) is 29.1 Å². The summed E-state index contributed by atoms with van der Waals surface area (Å²) in [4.78, 5) is 14.5. The Kier molecular flexibility index (Phi) is 5.39. The molecule has 1 unspecified atom stereocenters. The molecule has 1 atom stereocenters. The van der Waals surface area contributed by atoms with Crippen LogP contribution in [0.5, 0.6) is 0 Å². The zero-order chi connectivity index (χ0) is 15.4. The minimum absolute atomic E-state index is 0.220. The fourth-order valence-corrected chi connectivity index (χ4v) is 3.18. The number of carboxylic acids is 1. The van der Waals surface area contributed by atoms with Crippen molar-refractivity contribution in [2.75, 3.05) is 7.05 Å². The van der Waals surface area contributed by atoms with Crippen LogP contribution in [0.1, 0.15) is 27.7 Å². The first-order chi connectivity index (χ1) is 9.97. The number of halogens is 1. The van der Waals surface area contributed by atoms with Crippen LogP contribution in [0.15, 0.2) is 35.7 Å². The lowest BCUT2D eigenvalue weighted by molar-refractivity contribution is 0.0697. The van der Waals surface area contributed by atoms with Crippen LogP contribution in [-0.2, 0) is 13.0 Å². The predicted molar refractivity (Wildman–Crippen MR) is 87.4 cm³/mol. The number of aromatic carboxylic acids is 1. The maximum absolute atomic E-state index is 10.9. The first-order valence-corrected chi connectivity index (χ1v) is 7.97. The molecule has 21 heavy (non-hydrogen) atoms. The van der Waals surface area contributed by atoms with E-state index in [1.54, 1.807) is 23.5 Å². The van der Waals surface area contributed by atoms with Gasteiger partial charge in [-0.15, -0.1) is 11.3 Å². The Morgan fingerprint density at radius 2 is 2.19 bits per heavy atom. The van der Waals surface area contributed by atoms with Gasteiger partial charge in [0.25, 0.3) is 0 Å². The third kappa shape index (κ3) is 4.30. The Labute approximate surface area is 133 Å². The molecule has 0 saturated heterocycles. The van der Waals surface area contributed by atoms with Crippen LogP contribution in [0.25, 0.3) is 0 Å². The van der Waals surface area contributed by atoms with Gasteiger partial charge in [0.2, 0.25) is 0 Å². The second-order valence-electron chi connectivity index (χ2n) is 5.16. The van der Waals surface area contributed by atoms with Gasteiger partial charge in [-0.2, -0.15) is 0 Å². The molecule has 0 aliphatic rings. The molecule has 2 rings (SSSR count). The fourth-order valence-electron chi connectivity index (χ4n) is 2.11. The van der Waals surface area contributed by atoms with Crippen molar-refractivity contribution in [3.8, 4) is 0 Å². The van der Waals surface area contributed by atoms with E-state index in [4.69, 9.17) is 16.7 Å². The predicted octanol–water partition coefficient (Wildman–Crippen LogP) is 4.16. The SMILES string of the molecule is CC(Cc1cccs1)N(C)Cc1ccc(C(=O)O)cc1Cl. The first kappa shape index (κ1) is 16.0. The molecule has 0 bridgehead atoms. The lowest BCUT2D eigenvalue weighted by atomic mass is 10.1. The molecular formula is C16H18ClNO2S. The summed E-state index contributed by atoms with van der Waals surface area (Å²) in [6, 6.07) is 9.50. The van der Waals surface area contributed by atoms with Crippen molar-refractivity contribution >= 4 is 28.9 Å². The highest BCUT2D eigenvalue weighted by atomic mass is 35.5. The zero-order valence-corrected chi connectivity index (χ0v) is 13.6. The van der Waals surface area contributed by atoms with Gasteiger partial charge >= 0.3 is 5.97 Å². The van der Waals surface area contributed by atoms with Crippen LogP contribution in [0.3, 0.4) is 0 Å². The summed E-state index contributed by atoms with van der Waals surface area (Å²) in [6.07, 6.45) is 0.999. The van der Waals surface area contributed by atoms with Crippen molar-refractivity contribution in [1.29, 1.82) is 0 Å². The molecule has 1 N–H and O–H groups in total. The number of carbonyl (C=O) groups is 1. The minimum atomic E-state index is -0.956. The molecule has 0 radical (unpaired) electrons. The Morgan fingerprint density at radius 1 is 1.43 bits per heavy atom. The first-order valence-electron chi connectivity index (χ1n) is 6.71. The monoisotopic (exact) mass is 323 g/mol. The number of likely N-dealkylation sites (N-methyl/N-ethyl adjacent to an activating group) is 1. The standard InChI is InChI=1S/C16H18ClNO2S/c1-11(8-14-4-3-7-21-14)18(2)10-13-6-5-12(16(19)20)9-15(13)17/h3-7,9,11H,8,10H2,1-2H3,(H,19,20).